The third kappa shape index (κ3) is 4.31. The normalized spacial score (nSPS) is 18.0. The first-order chi connectivity index (χ1) is 9.81. The highest BCUT2D eigenvalue weighted by molar-refractivity contribution is 7.92. The van der Waals surface area contributed by atoms with Gasteiger partial charge in [-0.1, -0.05) is 0 Å². The number of nitrogens with zero attached hydrogens (tertiary/aromatic N) is 1. The number of carbonyl (C=O) groups is 1. The molecule has 1 atom stereocenters. The number of amides is 1. The quantitative estimate of drug-likeness (QED) is 0.852. The topological polar surface area (TPSA) is 92.5 Å². The predicted octanol–water partition coefficient (Wildman–Crippen LogP) is 1.18. The van der Waals surface area contributed by atoms with Crippen LogP contribution in [0.3, 0.4) is 0 Å². The highest BCUT2D eigenvalue weighted by atomic mass is 35.5. The molecule has 1 saturated heterocycles. The largest absolute Gasteiger partial charge is 0.334 e. The molecule has 6 nitrogen and oxygen atoms in total. The summed E-state index contributed by atoms with van der Waals surface area (Å²) < 4.78 is 38.1. The summed E-state index contributed by atoms with van der Waals surface area (Å²) in [4.78, 5) is 14.1. The van der Waals surface area contributed by atoms with E-state index in [1.807, 2.05) is 0 Å². The van der Waals surface area contributed by atoms with Gasteiger partial charge in [0.2, 0.25) is 10.0 Å². The molecule has 0 bridgehead atoms. The fraction of sp³-hybridized carbons (Fsp3) is 0.462. The van der Waals surface area contributed by atoms with Gasteiger partial charge in [-0.15, -0.1) is 12.4 Å². The Morgan fingerprint density at radius 3 is 2.77 bits per heavy atom. The second-order valence-corrected chi connectivity index (χ2v) is 6.85. The molecule has 1 aliphatic rings. The summed E-state index contributed by atoms with van der Waals surface area (Å²) in [5.74, 6) is -0.992. The average molecular weight is 352 g/mol. The van der Waals surface area contributed by atoms with Gasteiger partial charge in [-0.05, 0) is 31.0 Å². The molecule has 0 radical (unpaired) electrons. The predicted molar refractivity (Wildman–Crippen MR) is 85.2 cm³/mol. The maximum atomic E-state index is 13.6. The lowest BCUT2D eigenvalue weighted by atomic mass is 10.1. The van der Waals surface area contributed by atoms with Crippen LogP contribution in [0.4, 0.5) is 10.1 Å². The van der Waals surface area contributed by atoms with Crippen LogP contribution < -0.4 is 10.5 Å². The van der Waals surface area contributed by atoms with Crippen LogP contribution in [0.1, 0.15) is 23.2 Å². The minimum absolute atomic E-state index is 0. The highest BCUT2D eigenvalue weighted by Gasteiger charge is 2.28. The Bertz CT molecular complexity index is 654. The van der Waals surface area contributed by atoms with Gasteiger partial charge in [-0.2, -0.15) is 0 Å². The van der Waals surface area contributed by atoms with Gasteiger partial charge in [0.15, 0.2) is 0 Å². The lowest BCUT2D eigenvalue weighted by Crippen LogP contribution is -2.39. The number of halogens is 2. The summed E-state index contributed by atoms with van der Waals surface area (Å²) in [7, 11) is -3.61. The maximum absolute atomic E-state index is 13.6. The molecule has 1 aliphatic heterocycles. The smallest absolute Gasteiger partial charge is 0.254 e. The molecule has 124 valence electrons. The van der Waals surface area contributed by atoms with E-state index < -0.39 is 15.8 Å². The van der Waals surface area contributed by atoms with E-state index in [-0.39, 0.29) is 35.6 Å². The Morgan fingerprint density at radius 2 is 2.18 bits per heavy atom. The first-order valence-electron chi connectivity index (χ1n) is 6.60. The van der Waals surface area contributed by atoms with E-state index in [0.29, 0.717) is 13.1 Å². The van der Waals surface area contributed by atoms with Gasteiger partial charge in [0.1, 0.15) is 5.82 Å². The number of benzene rings is 1. The van der Waals surface area contributed by atoms with Crippen LogP contribution in [-0.2, 0) is 10.0 Å². The van der Waals surface area contributed by atoms with Crippen LogP contribution in [0.5, 0.6) is 0 Å². The summed E-state index contributed by atoms with van der Waals surface area (Å²) in [6.07, 6.45) is 2.65. The second kappa shape index (κ2) is 7.26. The van der Waals surface area contributed by atoms with E-state index in [9.17, 15) is 17.6 Å². The van der Waals surface area contributed by atoms with Crippen LogP contribution in [0.25, 0.3) is 0 Å². The molecule has 1 aromatic carbocycles. The van der Waals surface area contributed by atoms with E-state index >= 15 is 0 Å². The van der Waals surface area contributed by atoms with Crippen molar-refractivity contribution in [3.63, 3.8) is 0 Å². The van der Waals surface area contributed by atoms with Gasteiger partial charge in [-0.3, -0.25) is 9.52 Å². The first-order valence-corrected chi connectivity index (χ1v) is 8.49. The molecule has 1 fully saturated rings. The number of nitrogens with two attached hydrogens (primary N) is 1. The molecular formula is C13H19ClFN3O3S. The molecule has 0 saturated carbocycles. The van der Waals surface area contributed by atoms with Crippen molar-refractivity contribution in [1.29, 1.82) is 0 Å². The summed E-state index contributed by atoms with van der Waals surface area (Å²) in [5, 5.41) is 0. The number of hydrogen-bond acceptors (Lipinski definition) is 4. The number of nitrogens with one attached hydrogen (secondary N) is 1. The van der Waals surface area contributed by atoms with Gasteiger partial charge in [0.05, 0.1) is 11.9 Å². The fourth-order valence-corrected chi connectivity index (χ4v) is 3.01. The van der Waals surface area contributed by atoms with E-state index in [1.165, 1.54) is 12.1 Å². The van der Waals surface area contributed by atoms with Crippen LogP contribution in [0.2, 0.25) is 0 Å². The van der Waals surface area contributed by atoms with Gasteiger partial charge < -0.3 is 10.6 Å². The zero-order valence-electron chi connectivity index (χ0n) is 12.1. The number of rotatable bonds is 4. The molecule has 9 heteroatoms. The first kappa shape index (κ1) is 18.7. The minimum Gasteiger partial charge on any atom is -0.334 e. The molecular weight excluding hydrogens is 333 g/mol. The molecule has 1 heterocycles. The monoisotopic (exact) mass is 351 g/mol. The minimum atomic E-state index is -3.61. The molecule has 0 aliphatic carbocycles. The zero-order chi connectivity index (χ0) is 15.6. The van der Waals surface area contributed by atoms with Crippen LogP contribution >= 0.6 is 12.4 Å². The third-order valence-electron chi connectivity index (χ3n) is 3.42. The third-order valence-corrected chi connectivity index (χ3v) is 4.01. The van der Waals surface area contributed by atoms with Crippen molar-refractivity contribution in [2.45, 2.75) is 18.9 Å². The Morgan fingerprint density at radius 1 is 1.50 bits per heavy atom. The molecule has 2 rings (SSSR count). The molecule has 0 spiro atoms. The van der Waals surface area contributed by atoms with Crippen molar-refractivity contribution in [3.8, 4) is 0 Å². The van der Waals surface area contributed by atoms with Crippen LogP contribution in [0, 0.1) is 5.82 Å². The lowest BCUT2D eigenvalue weighted by Gasteiger charge is -2.23. The molecule has 1 unspecified atom stereocenters. The summed E-state index contributed by atoms with van der Waals surface area (Å²) in [6.45, 7) is 0.980. The average Bonchev–Trinajstić information content (AvgIpc) is 2.87. The maximum Gasteiger partial charge on any atom is 0.254 e. The Hall–Kier alpha value is -1.38. The highest BCUT2D eigenvalue weighted by Crippen LogP contribution is 2.22. The summed E-state index contributed by atoms with van der Waals surface area (Å²) in [5.41, 5.74) is 5.64. The molecule has 1 aromatic rings. The van der Waals surface area contributed by atoms with Crippen LogP contribution in [-0.4, -0.2) is 44.6 Å². The van der Waals surface area contributed by atoms with E-state index in [2.05, 4.69) is 4.72 Å². The molecule has 22 heavy (non-hydrogen) atoms. The van der Waals surface area contributed by atoms with Crippen molar-refractivity contribution in [1.82, 2.24) is 4.90 Å². The standard InChI is InChI=1S/C13H18FN3O3S.ClH/c1-21(19,20)16-12-7-9(4-5-11(12)14)13(18)17-6-2-3-10(17)8-15;/h4-5,7,10,16H,2-3,6,8,15H2,1H3;1H. The van der Waals surface area contributed by atoms with Crippen molar-refractivity contribution < 1.29 is 17.6 Å². The van der Waals surface area contributed by atoms with Crippen molar-refractivity contribution in [3.05, 3.63) is 29.6 Å². The van der Waals surface area contributed by atoms with E-state index in [4.69, 9.17) is 5.73 Å². The van der Waals surface area contributed by atoms with Gasteiger partial charge in [0.25, 0.3) is 5.91 Å². The summed E-state index contributed by atoms with van der Waals surface area (Å²) in [6, 6.07) is 3.62. The van der Waals surface area contributed by atoms with Gasteiger partial charge in [-0.25, -0.2) is 12.8 Å². The molecule has 1 amide bonds. The lowest BCUT2D eigenvalue weighted by molar-refractivity contribution is 0.0741. The zero-order valence-corrected chi connectivity index (χ0v) is 13.7. The Labute approximate surface area is 135 Å². The Kier molecular flexibility index (Phi) is 6.16. The van der Waals surface area contributed by atoms with Gasteiger partial charge in [0, 0.05) is 24.7 Å². The van der Waals surface area contributed by atoms with E-state index in [0.717, 1.165) is 25.2 Å². The van der Waals surface area contributed by atoms with Crippen LogP contribution in [0.15, 0.2) is 18.2 Å². The van der Waals surface area contributed by atoms with Crippen molar-refractivity contribution in [2.75, 3.05) is 24.1 Å². The van der Waals surface area contributed by atoms with Gasteiger partial charge >= 0.3 is 0 Å². The molecule has 0 aromatic heterocycles. The number of likely N-dealkylation sites (tertiary alicyclic amines) is 1. The SMILES string of the molecule is CS(=O)(=O)Nc1cc(C(=O)N2CCCC2CN)ccc1F.Cl. The molecule has 3 N–H and O–H groups in total. The number of anilines is 1. The summed E-state index contributed by atoms with van der Waals surface area (Å²) >= 11 is 0. The second-order valence-electron chi connectivity index (χ2n) is 5.10. The van der Waals surface area contributed by atoms with Crippen molar-refractivity contribution >= 4 is 34.0 Å². The number of carbonyl (C=O) groups excluding carboxylic acids is 1. The number of sulfonamides is 1. The van der Waals surface area contributed by atoms with Crippen molar-refractivity contribution in [2.24, 2.45) is 5.73 Å². The number of hydrogen-bond donors (Lipinski definition) is 2. The van der Waals surface area contributed by atoms with E-state index in [1.54, 1.807) is 4.90 Å². The Balaban J connectivity index is 0.00000242. The fourth-order valence-electron chi connectivity index (χ4n) is 2.45.